The maximum absolute atomic E-state index is 10.8. The van der Waals surface area contributed by atoms with E-state index in [4.69, 9.17) is 5.11 Å². The number of hydrogen-bond acceptors (Lipinski definition) is 4. The molecule has 92 valence electrons. The van der Waals surface area contributed by atoms with Crippen LogP contribution in [0.3, 0.4) is 0 Å². The molecule has 1 aromatic heterocycles. The maximum atomic E-state index is 10.8. The van der Waals surface area contributed by atoms with E-state index in [0.717, 1.165) is 18.8 Å². The average Bonchev–Trinajstić information content (AvgIpc) is 2.33. The molecule has 0 bridgehead atoms. The molecule has 1 amide bonds. The molecule has 1 atom stereocenters. The molecule has 0 aliphatic carbocycles. The first-order chi connectivity index (χ1) is 8.16. The molecule has 1 saturated heterocycles. The quantitative estimate of drug-likeness (QED) is 0.817. The molecular weight excluding hydrogens is 220 g/mol. The number of aromatic nitrogens is 2. The SMILES string of the molecule is C[C@H]1CN(C(=O)O)CCN1Cc1cccnn1. The lowest BCUT2D eigenvalue weighted by Crippen LogP contribution is -2.52. The molecule has 0 aromatic carbocycles. The second-order valence-electron chi connectivity index (χ2n) is 4.26. The molecular formula is C11H16N4O2. The first-order valence-corrected chi connectivity index (χ1v) is 5.65. The summed E-state index contributed by atoms with van der Waals surface area (Å²) in [5.74, 6) is 0. The van der Waals surface area contributed by atoms with E-state index in [2.05, 4.69) is 15.1 Å². The average molecular weight is 236 g/mol. The Morgan fingerprint density at radius 1 is 1.59 bits per heavy atom. The zero-order valence-electron chi connectivity index (χ0n) is 9.78. The van der Waals surface area contributed by atoms with E-state index in [1.165, 1.54) is 4.90 Å². The lowest BCUT2D eigenvalue weighted by Gasteiger charge is -2.38. The molecule has 0 saturated carbocycles. The predicted octanol–water partition coefficient (Wildman–Crippen LogP) is 0.661. The number of amides is 1. The van der Waals surface area contributed by atoms with Crippen molar-refractivity contribution >= 4 is 6.09 Å². The van der Waals surface area contributed by atoms with Crippen molar-refractivity contribution in [1.29, 1.82) is 0 Å². The van der Waals surface area contributed by atoms with Crippen molar-refractivity contribution in [2.24, 2.45) is 0 Å². The third kappa shape index (κ3) is 2.91. The van der Waals surface area contributed by atoms with Gasteiger partial charge in [0.2, 0.25) is 0 Å². The highest BCUT2D eigenvalue weighted by molar-refractivity contribution is 5.65. The van der Waals surface area contributed by atoms with Crippen molar-refractivity contribution < 1.29 is 9.90 Å². The van der Waals surface area contributed by atoms with Crippen LogP contribution in [0.4, 0.5) is 4.79 Å². The summed E-state index contributed by atoms with van der Waals surface area (Å²) in [7, 11) is 0. The highest BCUT2D eigenvalue weighted by Crippen LogP contribution is 2.12. The molecule has 1 aliphatic heterocycles. The van der Waals surface area contributed by atoms with Gasteiger partial charge < -0.3 is 10.0 Å². The summed E-state index contributed by atoms with van der Waals surface area (Å²) in [4.78, 5) is 14.5. The Morgan fingerprint density at radius 3 is 3.00 bits per heavy atom. The summed E-state index contributed by atoms with van der Waals surface area (Å²) in [5.41, 5.74) is 0.920. The number of carbonyl (C=O) groups is 1. The van der Waals surface area contributed by atoms with Crippen LogP contribution >= 0.6 is 0 Å². The number of rotatable bonds is 2. The first kappa shape index (κ1) is 11.8. The number of piperazine rings is 1. The van der Waals surface area contributed by atoms with Crippen LogP contribution in [0.2, 0.25) is 0 Å². The molecule has 1 N–H and O–H groups in total. The molecule has 0 spiro atoms. The Morgan fingerprint density at radius 2 is 2.41 bits per heavy atom. The lowest BCUT2D eigenvalue weighted by atomic mass is 10.2. The monoisotopic (exact) mass is 236 g/mol. The summed E-state index contributed by atoms with van der Waals surface area (Å²) in [6.07, 6.45) is 0.811. The van der Waals surface area contributed by atoms with Gasteiger partial charge in [0.15, 0.2) is 0 Å². The van der Waals surface area contributed by atoms with Gasteiger partial charge in [0.05, 0.1) is 5.69 Å². The highest BCUT2D eigenvalue weighted by Gasteiger charge is 2.26. The Labute approximate surface area is 99.9 Å². The molecule has 6 nitrogen and oxygen atoms in total. The van der Waals surface area contributed by atoms with Crippen molar-refractivity contribution in [2.75, 3.05) is 19.6 Å². The van der Waals surface area contributed by atoms with Gasteiger partial charge in [-0.25, -0.2) is 4.79 Å². The number of nitrogens with zero attached hydrogens (tertiary/aromatic N) is 4. The van der Waals surface area contributed by atoms with E-state index in [0.29, 0.717) is 13.1 Å². The largest absolute Gasteiger partial charge is 0.465 e. The van der Waals surface area contributed by atoms with Gasteiger partial charge in [-0.2, -0.15) is 10.2 Å². The Kier molecular flexibility index (Phi) is 3.53. The summed E-state index contributed by atoms with van der Waals surface area (Å²) >= 11 is 0. The van der Waals surface area contributed by atoms with E-state index in [1.54, 1.807) is 6.20 Å². The zero-order chi connectivity index (χ0) is 12.3. The van der Waals surface area contributed by atoms with Crippen LogP contribution in [0.5, 0.6) is 0 Å². The van der Waals surface area contributed by atoms with Crippen molar-refractivity contribution in [2.45, 2.75) is 19.5 Å². The second-order valence-corrected chi connectivity index (χ2v) is 4.26. The first-order valence-electron chi connectivity index (χ1n) is 5.65. The number of carboxylic acid groups (broad SMARTS) is 1. The van der Waals surface area contributed by atoms with Crippen LogP contribution in [0, 0.1) is 0 Å². The van der Waals surface area contributed by atoms with Gasteiger partial charge in [0.25, 0.3) is 0 Å². The number of hydrogen-bond donors (Lipinski definition) is 1. The van der Waals surface area contributed by atoms with E-state index in [9.17, 15) is 4.79 Å². The van der Waals surface area contributed by atoms with E-state index >= 15 is 0 Å². The fraction of sp³-hybridized carbons (Fsp3) is 0.545. The van der Waals surface area contributed by atoms with Crippen LogP contribution < -0.4 is 0 Å². The molecule has 1 fully saturated rings. The Balaban J connectivity index is 1.94. The van der Waals surface area contributed by atoms with Crippen LogP contribution in [0.1, 0.15) is 12.6 Å². The predicted molar refractivity (Wildman–Crippen MR) is 61.5 cm³/mol. The molecule has 2 heterocycles. The van der Waals surface area contributed by atoms with E-state index < -0.39 is 6.09 Å². The van der Waals surface area contributed by atoms with Crippen molar-refractivity contribution in [3.05, 3.63) is 24.0 Å². The van der Waals surface area contributed by atoms with Gasteiger partial charge in [0.1, 0.15) is 0 Å². The summed E-state index contributed by atoms with van der Waals surface area (Å²) < 4.78 is 0. The van der Waals surface area contributed by atoms with Crippen LogP contribution in [-0.2, 0) is 6.54 Å². The Hall–Kier alpha value is -1.69. The summed E-state index contributed by atoms with van der Waals surface area (Å²) in [6, 6.07) is 4.01. The fourth-order valence-electron chi connectivity index (χ4n) is 2.03. The van der Waals surface area contributed by atoms with Gasteiger partial charge >= 0.3 is 6.09 Å². The molecule has 1 aliphatic rings. The highest BCUT2D eigenvalue weighted by atomic mass is 16.4. The van der Waals surface area contributed by atoms with E-state index in [-0.39, 0.29) is 6.04 Å². The van der Waals surface area contributed by atoms with Crippen molar-refractivity contribution in [1.82, 2.24) is 20.0 Å². The van der Waals surface area contributed by atoms with Gasteiger partial charge in [-0.05, 0) is 19.1 Å². The van der Waals surface area contributed by atoms with Crippen molar-refractivity contribution in [3.63, 3.8) is 0 Å². The molecule has 0 unspecified atom stereocenters. The van der Waals surface area contributed by atoms with Gasteiger partial charge in [-0.15, -0.1) is 0 Å². The second kappa shape index (κ2) is 5.09. The topological polar surface area (TPSA) is 69.6 Å². The van der Waals surface area contributed by atoms with Gasteiger partial charge in [0, 0.05) is 38.4 Å². The smallest absolute Gasteiger partial charge is 0.407 e. The van der Waals surface area contributed by atoms with Crippen molar-refractivity contribution in [3.8, 4) is 0 Å². The standard InChI is InChI=1S/C11H16N4O2/c1-9-7-15(11(16)17)6-5-14(9)8-10-3-2-4-12-13-10/h2-4,9H,5-8H2,1H3,(H,16,17)/t9-/m0/s1. The minimum atomic E-state index is -0.837. The van der Waals surface area contributed by atoms with Gasteiger partial charge in [-0.1, -0.05) is 0 Å². The summed E-state index contributed by atoms with van der Waals surface area (Å²) in [5, 5.41) is 16.8. The van der Waals surface area contributed by atoms with Gasteiger partial charge in [-0.3, -0.25) is 4.90 Å². The maximum Gasteiger partial charge on any atom is 0.407 e. The fourth-order valence-corrected chi connectivity index (χ4v) is 2.03. The minimum absolute atomic E-state index is 0.210. The third-order valence-electron chi connectivity index (χ3n) is 3.03. The molecule has 17 heavy (non-hydrogen) atoms. The minimum Gasteiger partial charge on any atom is -0.465 e. The molecule has 0 radical (unpaired) electrons. The van der Waals surface area contributed by atoms with Crippen LogP contribution in [0.25, 0.3) is 0 Å². The summed E-state index contributed by atoms with van der Waals surface area (Å²) in [6.45, 7) is 4.60. The zero-order valence-corrected chi connectivity index (χ0v) is 9.78. The Bertz CT molecular complexity index is 384. The molecule has 1 aromatic rings. The van der Waals surface area contributed by atoms with Crippen LogP contribution in [0.15, 0.2) is 18.3 Å². The molecule has 6 heteroatoms. The van der Waals surface area contributed by atoms with E-state index in [1.807, 2.05) is 19.1 Å². The molecule has 2 rings (SSSR count). The normalized spacial score (nSPS) is 21.5. The lowest BCUT2D eigenvalue weighted by molar-refractivity contribution is 0.0704. The van der Waals surface area contributed by atoms with Crippen LogP contribution in [-0.4, -0.2) is 56.9 Å². The third-order valence-corrected chi connectivity index (χ3v) is 3.03.